The molecule has 0 heterocycles. The second kappa shape index (κ2) is 4.80. The highest BCUT2D eigenvalue weighted by Gasteiger charge is 2.23. The van der Waals surface area contributed by atoms with E-state index < -0.39 is 0 Å². The Hall–Kier alpha value is -0.820. The molecule has 0 amide bonds. The molecule has 15 heavy (non-hydrogen) atoms. The van der Waals surface area contributed by atoms with Crippen LogP contribution in [0.3, 0.4) is 0 Å². The molecule has 2 rings (SSSR count). The molecule has 1 unspecified atom stereocenters. The van der Waals surface area contributed by atoms with Crippen molar-refractivity contribution in [3.05, 3.63) is 35.4 Å². The molecule has 1 N–H and O–H groups in total. The van der Waals surface area contributed by atoms with E-state index in [0.29, 0.717) is 6.04 Å². The first-order valence-corrected chi connectivity index (χ1v) is 6.15. The smallest absolute Gasteiger partial charge is 0.0294 e. The third kappa shape index (κ3) is 2.23. The summed E-state index contributed by atoms with van der Waals surface area (Å²) in [4.78, 5) is 0. The molecular weight excluding hydrogens is 182 g/mol. The third-order valence-corrected chi connectivity index (χ3v) is 3.52. The van der Waals surface area contributed by atoms with Crippen LogP contribution in [0.15, 0.2) is 24.3 Å². The number of benzene rings is 1. The number of rotatable bonds is 4. The zero-order valence-corrected chi connectivity index (χ0v) is 9.79. The van der Waals surface area contributed by atoms with Gasteiger partial charge < -0.3 is 5.32 Å². The maximum atomic E-state index is 3.51. The van der Waals surface area contributed by atoms with Gasteiger partial charge in [0.2, 0.25) is 0 Å². The zero-order chi connectivity index (χ0) is 10.7. The zero-order valence-electron chi connectivity index (χ0n) is 9.79. The molecular formula is C14H21N. The molecule has 1 fully saturated rings. The fourth-order valence-corrected chi connectivity index (χ4v) is 2.41. The van der Waals surface area contributed by atoms with Crippen molar-refractivity contribution in [1.82, 2.24) is 5.32 Å². The summed E-state index contributed by atoms with van der Waals surface area (Å²) in [6, 6.07) is 9.42. The molecule has 1 heteroatoms. The van der Waals surface area contributed by atoms with E-state index in [4.69, 9.17) is 0 Å². The molecule has 0 radical (unpaired) electrons. The van der Waals surface area contributed by atoms with E-state index in [-0.39, 0.29) is 0 Å². The van der Waals surface area contributed by atoms with E-state index in [1.807, 2.05) is 0 Å². The molecule has 1 atom stereocenters. The monoisotopic (exact) mass is 203 g/mol. The van der Waals surface area contributed by atoms with Crippen LogP contribution in [-0.4, -0.2) is 6.54 Å². The maximum Gasteiger partial charge on any atom is 0.0294 e. The summed E-state index contributed by atoms with van der Waals surface area (Å²) in [7, 11) is 0. The lowest BCUT2D eigenvalue weighted by Gasteiger charge is -2.29. The largest absolute Gasteiger partial charge is 0.310 e. The first-order valence-electron chi connectivity index (χ1n) is 6.15. The van der Waals surface area contributed by atoms with Crippen LogP contribution < -0.4 is 5.32 Å². The second-order valence-electron chi connectivity index (χ2n) is 4.54. The molecule has 0 bridgehead atoms. The van der Waals surface area contributed by atoms with Crippen LogP contribution in [0.2, 0.25) is 0 Å². The van der Waals surface area contributed by atoms with Gasteiger partial charge in [0.15, 0.2) is 0 Å². The lowest BCUT2D eigenvalue weighted by molar-refractivity contribution is 0.413. The van der Waals surface area contributed by atoms with Crippen molar-refractivity contribution in [3.8, 4) is 0 Å². The molecule has 1 aliphatic rings. The van der Waals surface area contributed by atoms with E-state index in [0.717, 1.165) is 12.5 Å². The highest BCUT2D eigenvalue weighted by atomic mass is 14.9. The van der Waals surface area contributed by atoms with E-state index in [1.54, 1.807) is 5.56 Å². The van der Waals surface area contributed by atoms with Crippen LogP contribution in [0.1, 0.15) is 56.2 Å². The summed E-state index contributed by atoms with van der Waals surface area (Å²) >= 11 is 0. The highest BCUT2D eigenvalue weighted by Crippen LogP contribution is 2.39. The molecule has 1 saturated carbocycles. The minimum atomic E-state index is 0.492. The molecule has 0 spiro atoms. The average Bonchev–Trinajstić information content (AvgIpc) is 2.16. The van der Waals surface area contributed by atoms with E-state index >= 15 is 0 Å². The lowest BCUT2D eigenvalue weighted by Crippen LogP contribution is -2.21. The van der Waals surface area contributed by atoms with Crippen molar-refractivity contribution < 1.29 is 0 Å². The van der Waals surface area contributed by atoms with Crippen molar-refractivity contribution in [2.24, 2.45) is 0 Å². The van der Waals surface area contributed by atoms with Gasteiger partial charge in [-0.2, -0.15) is 0 Å². The molecule has 1 nitrogen and oxygen atoms in total. The number of hydrogen-bond acceptors (Lipinski definition) is 1. The lowest BCUT2D eigenvalue weighted by atomic mass is 9.77. The summed E-state index contributed by atoms with van der Waals surface area (Å²) in [6.45, 7) is 5.48. The van der Waals surface area contributed by atoms with E-state index in [2.05, 4.69) is 43.4 Å². The Balaban J connectivity index is 2.20. The SMILES string of the molecule is CCNC(C)c1ccccc1C1CCC1. The van der Waals surface area contributed by atoms with Crippen LogP contribution in [0.25, 0.3) is 0 Å². The van der Waals surface area contributed by atoms with Crippen LogP contribution in [0.4, 0.5) is 0 Å². The number of nitrogens with one attached hydrogen (secondary N) is 1. The molecule has 1 aliphatic carbocycles. The summed E-state index contributed by atoms with van der Waals surface area (Å²) in [5, 5.41) is 3.51. The standard InChI is InChI=1S/C14H21N/c1-3-15-11(2)13-9-4-5-10-14(13)12-7-6-8-12/h4-5,9-12,15H,3,6-8H2,1-2H3. The predicted octanol–water partition coefficient (Wildman–Crippen LogP) is 3.62. The fourth-order valence-electron chi connectivity index (χ4n) is 2.41. The Kier molecular flexibility index (Phi) is 3.42. The van der Waals surface area contributed by atoms with Crippen LogP contribution in [0.5, 0.6) is 0 Å². The Morgan fingerprint density at radius 3 is 2.67 bits per heavy atom. The normalized spacial score (nSPS) is 18.5. The predicted molar refractivity (Wildman–Crippen MR) is 65.1 cm³/mol. The van der Waals surface area contributed by atoms with Gasteiger partial charge in [-0.15, -0.1) is 0 Å². The average molecular weight is 203 g/mol. The van der Waals surface area contributed by atoms with Crippen LogP contribution in [-0.2, 0) is 0 Å². The fraction of sp³-hybridized carbons (Fsp3) is 0.571. The van der Waals surface area contributed by atoms with Gasteiger partial charge in [0, 0.05) is 6.04 Å². The summed E-state index contributed by atoms with van der Waals surface area (Å²) < 4.78 is 0. The molecule has 82 valence electrons. The first-order chi connectivity index (χ1) is 7.33. The molecule has 1 aromatic carbocycles. The van der Waals surface area contributed by atoms with Crippen molar-refractivity contribution in [3.63, 3.8) is 0 Å². The Morgan fingerprint density at radius 2 is 2.07 bits per heavy atom. The Morgan fingerprint density at radius 1 is 1.33 bits per heavy atom. The van der Waals surface area contributed by atoms with Crippen molar-refractivity contribution in [1.29, 1.82) is 0 Å². The molecule has 0 saturated heterocycles. The summed E-state index contributed by atoms with van der Waals surface area (Å²) in [5.74, 6) is 0.835. The van der Waals surface area contributed by atoms with Gasteiger partial charge in [-0.3, -0.25) is 0 Å². The van der Waals surface area contributed by atoms with Gasteiger partial charge in [-0.1, -0.05) is 37.6 Å². The van der Waals surface area contributed by atoms with E-state index in [9.17, 15) is 0 Å². The highest BCUT2D eigenvalue weighted by molar-refractivity contribution is 5.33. The minimum absolute atomic E-state index is 0.492. The van der Waals surface area contributed by atoms with Gasteiger partial charge in [0.05, 0.1) is 0 Å². The minimum Gasteiger partial charge on any atom is -0.310 e. The van der Waals surface area contributed by atoms with Gasteiger partial charge in [-0.05, 0) is 43.4 Å². The van der Waals surface area contributed by atoms with Crippen molar-refractivity contribution in [2.75, 3.05) is 6.54 Å². The molecule has 1 aromatic rings. The van der Waals surface area contributed by atoms with Gasteiger partial charge in [0.25, 0.3) is 0 Å². The molecule has 0 aliphatic heterocycles. The van der Waals surface area contributed by atoms with Gasteiger partial charge in [-0.25, -0.2) is 0 Å². The van der Waals surface area contributed by atoms with Crippen LogP contribution in [0, 0.1) is 0 Å². The second-order valence-corrected chi connectivity index (χ2v) is 4.54. The maximum absolute atomic E-state index is 3.51. The first kappa shape index (κ1) is 10.7. The van der Waals surface area contributed by atoms with Crippen molar-refractivity contribution in [2.45, 2.75) is 45.1 Å². The number of hydrogen-bond donors (Lipinski definition) is 1. The topological polar surface area (TPSA) is 12.0 Å². The summed E-state index contributed by atoms with van der Waals surface area (Å²) in [5.41, 5.74) is 3.08. The van der Waals surface area contributed by atoms with Crippen molar-refractivity contribution >= 4 is 0 Å². The Bertz CT molecular complexity index is 315. The third-order valence-electron chi connectivity index (χ3n) is 3.52. The summed E-state index contributed by atoms with van der Waals surface area (Å²) in [6.07, 6.45) is 4.18. The Labute approximate surface area is 92.9 Å². The van der Waals surface area contributed by atoms with Gasteiger partial charge in [0.1, 0.15) is 0 Å². The quantitative estimate of drug-likeness (QED) is 0.788. The molecule has 0 aromatic heterocycles. The van der Waals surface area contributed by atoms with E-state index in [1.165, 1.54) is 24.8 Å². The van der Waals surface area contributed by atoms with Gasteiger partial charge >= 0.3 is 0 Å². The van der Waals surface area contributed by atoms with Crippen LogP contribution >= 0.6 is 0 Å².